The zero-order chi connectivity index (χ0) is 31.4. The minimum Gasteiger partial charge on any atom is -0.507 e. The number of ketones is 2. The molecule has 3 aliphatic rings. The number of phenolic OH excluding ortho intramolecular Hbond substituents is 1. The van der Waals surface area contributed by atoms with Gasteiger partial charge in [0.15, 0.2) is 17.3 Å². The Labute approximate surface area is 245 Å². The molecule has 2 amide bonds. The number of aliphatic hydroxyl groups is 1. The first-order chi connectivity index (χ1) is 19.6. The number of nitrogens with two attached hydrogens (primary N) is 2. The molecule has 0 radical (unpaired) electrons. The second kappa shape index (κ2) is 11.1. The van der Waals surface area contributed by atoms with Gasteiger partial charge in [0.1, 0.15) is 17.1 Å². The van der Waals surface area contributed by atoms with Crippen molar-refractivity contribution in [2.24, 2.45) is 34.8 Å². The number of allylic oxidation sites excluding steroid dienone is 1. The van der Waals surface area contributed by atoms with Crippen LogP contribution in [-0.4, -0.2) is 84.7 Å². The predicted octanol–water partition coefficient (Wildman–Crippen LogP) is 1.25. The van der Waals surface area contributed by atoms with Gasteiger partial charge in [0, 0.05) is 49.9 Å². The fourth-order valence-electron chi connectivity index (χ4n) is 7.10. The normalized spacial score (nSPS) is 25.3. The minimum atomic E-state index is -1.75. The summed E-state index contributed by atoms with van der Waals surface area (Å²) in [6.45, 7) is 5.98. The molecule has 1 unspecified atom stereocenters. The van der Waals surface area contributed by atoms with E-state index >= 15 is 0 Å². The largest absolute Gasteiger partial charge is 0.507 e. The molecule has 3 aliphatic carbocycles. The number of aliphatic hydroxyl groups excluding tert-OH is 1. The molecule has 0 aliphatic heterocycles. The Hall–Kier alpha value is -3.90. The third-order valence-corrected chi connectivity index (χ3v) is 8.94. The number of anilines is 1. The van der Waals surface area contributed by atoms with Crippen LogP contribution < -0.4 is 16.5 Å². The SMILES string of the molecule is CC(C)CN(C=O)Cc1cc(N(C)C)c2c(c1O)C(O)=C1C(=O)[C@]3(C)C(=O)C(C(N)=O)=C(ON)C(N(C)C)[C@@H]3C[C@@H]1C2. The third-order valence-electron chi connectivity index (χ3n) is 8.94. The van der Waals surface area contributed by atoms with E-state index in [1.807, 2.05) is 32.8 Å². The molecule has 1 fully saturated rings. The van der Waals surface area contributed by atoms with Gasteiger partial charge < -0.3 is 30.6 Å². The molecule has 1 aromatic rings. The number of carbonyl (C=O) groups is 4. The van der Waals surface area contributed by atoms with Crippen molar-refractivity contribution < 1.29 is 34.2 Å². The van der Waals surface area contributed by atoms with Crippen LogP contribution in [0.4, 0.5) is 5.69 Å². The fraction of sp³-hybridized carbons (Fsp3) is 0.533. The molecule has 1 aromatic carbocycles. The number of nitrogens with zero attached hydrogens (tertiary/aromatic N) is 3. The van der Waals surface area contributed by atoms with Gasteiger partial charge in [0.2, 0.25) is 6.41 Å². The van der Waals surface area contributed by atoms with Crippen molar-refractivity contribution in [3.05, 3.63) is 39.7 Å². The Morgan fingerprint density at radius 3 is 2.33 bits per heavy atom. The Morgan fingerprint density at radius 1 is 1.19 bits per heavy atom. The number of benzene rings is 1. The molecule has 0 saturated heterocycles. The summed E-state index contributed by atoms with van der Waals surface area (Å²) < 4.78 is 0. The summed E-state index contributed by atoms with van der Waals surface area (Å²) in [4.78, 5) is 62.7. The maximum Gasteiger partial charge on any atom is 0.255 e. The molecule has 12 heteroatoms. The van der Waals surface area contributed by atoms with E-state index < -0.39 is 52.1 Å². The van der Waals surface area contributed by atoms with Crippen molar-refractivity contribution in [1.29, 1.82) is 0 Å². The lowest BCUT2D eigenvalue weighted by Gasteiger charge is -2.51. The average Bonchev–Trinajstić information content (AvgIpc) is 2.90. The van der Waals surface area contributed by atoms with Gasteiger partial charge in [0.25, 0.3) is 5.91 Å². The van der Waals surface area contributed by atoms with E-state index in [4.69, 9.17) is 16.5 Å². The van der Waals surface area contributed by atoms with Crippen LogP contribution in [-0.2, 0) is 37.0 Å². The summed E-state index contributed by atoms with van der Waals surface area (Å²) in [5.74, 6) is 1.37. The molecular formula is C30H41N5O7. The molecule has 0 bridgehead atoms. The number of aromatic hydroxyl groups is 1. The number of phenols is 1. The molecule has 4 atom stereocenters. The third kappa shape index (κ3) is 4.62. The van der Waals surface area contributed by atoms with Crippen LogP contribution in [0.15, 0.2) is 23.0 Å². The number of hydrogen-bond donors (Lipinski definition) is 4. The van der Waals surface area contributed by atoms with Crippen molar-refractivity contribution in [2.75, 3.05) is 39.6 Å². The van der Waals surface area contributed by atoms with Gasteiger partial charge >= 0.3 is 0 Å². The van der Waals surface area contributed by atoms with E-state index in [9.17, 15) is 29.4 Å². The van der Waals surface area contributed by atoms with E-state index in [0.717, 1.165) is 5.69 Å². The number of Topliss-reactive ketones (excluding diaryl/α,β-unsaturated/α-hetero) is 2. The second-order valence-corrected chi connectivity index (χ2v) is 12.6. The van der Waals surface area contributed by atoms with Crippen molar-refractivity contribution in [1.82, 2.24) is 9.80 Å². The summed E-state index contributed by atoms with van der Waals surface area (Å²) >= 11 is 0. The second-order valence-electron chi connectivity index (χ2n) is 12.6. The number of likely N-dealkylation sites (N-methyl/N-ethyl adjacent to an activating group) is 1. The first kappa shape index (κ1) is 31.0. The number of carbonyl (C=O) groups excluding carboxylic acids is 4. The Morgan fingerprint density at radius 2 is 1.83 bits per heavy atom. The van der Waals surface area contributed by atoms with Crippen LogP contribution in [0.3, 0.4) is 0 Å². The van der Waals surface area contributed by atoms with Crippen LogP contribution in [0, 0.1) is 23.2 Å². The zero-order valence-corrected chi connectivity index (χ0v) is 25.2. The fourth-order valence-corrected chi connectivity index (χ4v) is 7.10. The van der Waals surface area contributed by atoms with Crippen molar-refractivity contribution in [2.45, 2.75) is 46.2 Å². The lowest BCUT2D eigenvalue weighted by atomic mass is 9.52. The van der Waals surface area contributed by atoms with E-state index in [1.54, 1.807) is 25.1 Å². The molecule has 0 heterocycles. The van der Waals surface area contributed by atoms with Crippen molar-refractivity contribution in [3.63, 3.8) is 0 Å². The number of amides is 2. The summed E-state index contributed by atoms with van der Waals surface area (Å²) in [5.41, 5.74) is 5.29. The van der Waals surface area contributed by atoms with Gasteiger partial charge in [-0.15, -0.1) is 0 Å². The topological polar surface area (TPSA) is 180 Å². The summed E-state index contributed by atoms with van der Waals surface area (Å²) in [6.07, 6.45) is 1.31. The lowest BCUT2D eigenvalue weighted by molar-refractivity contribution is -0.147. The maximum atomic E-state index is 14.4. The monoisotopic (exact) mass is 583 g/mol. The van der Waals surface area contributed by atoms with Crippen LogP contribution in [0.2, 0.25) is 0 Å². The highest BCUT2D eigenvalue weighted by atomic mass is 16.6. The summed E-state index contributed by atoms with van der Waals surface area (Å²) in [6, 6.07) is 1.08. The van der Waals surface area contributed by atoms with Crippen LogP contribution in [0.25, 0.3) is 5.76 Å². The van der Waals surface area contributed by atoms with E-state index in [0.29, 0.717) is 30.5 Å². The van der Waals surface area contributed by atoms with Gasteiger partial charge in [-0.05, 0) is 57.3 Å². The molecule has 0 spiro atoms. The van der Waals surface area contributed by atoms with E-state index in [2.05, 4.69) is 0 Å². The molecule has 4 rings (SSSR count). The number of hydrogen-bond acceptors (Lipinski definition) is 10. The van der Waals surface area contributed by atoms with Crippen LogP contribution in [0.5, 0.6) is 5.75 Å². The molecule has 228 valence electrons. The first-order valence-electron chi connectivity index (χ1n) is 14.0. The predicted molar refractivity (Wildman–Crippen MR) is 156 cm³/mol. The van der Waals surface area contributed by atoms with E-state index in [1.165, 1.54) is 11.8 Å². The van der Waals surface area contributed by atoms with Gasteiger partial charge in [-0.2, -0.15) is 5.90 Å². The molecule has 6 N–H and O–H groups in total. The number of rotatable bonds is 9. The van der Waals surface area contributed by atoms with E-state index in [-0.39, 0.29) is 41.5 Å². The zero-order valence-electron chi connectivity index (χ0n) is 25.2. The molecule has 12 nitrogen and oxygen atoms in total. The number of primary amides is 1. The highest BCUT2D eigenvalue weighted by Gasteiger charge is 2.63. The molecule has 42 heavy (non-hydrogen) atoms. The standard InChI is InChI=1S/C30H41N5O7/c1-14(2)11-35(13-36)12-16-10-19(33(4)5)17-8-15-9-18-23(34(6)7)26(42-32)22(29(31)41)28(40)30(18,3)27(39)20(15)25(38)21(17)24(16)37/h10,13-15,18,23,37-38H,8-9,11-12,32H2,1-7H3,(H2,31,41)/t15-,18-,23?,30+/m0/s1. The van der Waals surface area contributed by atoms with Crippen molar-refractivity contribution in [3.8, 4) is 5.75 Å². The smallest absolute Gasteiger partial charge is 0.255 e. The average molecular weight is 584 g/mol. The molecular weight excluding hydrogens is 542 g/mol. The Bertz CT molecular complexity index is 1410. The highest BCUT2D eigenvalue weighted by Crippen LogP contribution is 2.56. The maximum absolute atomic E-state index is 14.4. The van der Waals surface area contributed by atoms with Gasteiger partial charge in [-0.3, -0.25) is 24.1 Å². The minimum absolute atomic E-state index is 0.0274. The van der Waals surface area contributed by atoms with Crippen molar-refractivity contribution >= 4 is 35.3 Å². The quantitative estimate of drug-likeness (QED) is 0.143. The van der Waals surface area contributed by atoms with Crippen LogP contribution in [0.1, 0.15) is 43.9 Å². The summed E-state index contributed by atoms with van der Waals surface area (Å²) in [7, 11) is 7.13. The highest BCUT2D eigenvalue weighted by molar-refractivity contribution is 6.30. The number of fused-ring (bicyclic) bond motifs is 3. The van der Waals surface area contributed by atoms with Gasteiger partial charge in [-0.25, -0.2) is 0 Å². The van der Waals surface area contributed by atoms with Crippen LogP contribution >= 0.6 is 0 Å². The molecule has 1 saturated carbocycles. The Balaban J connectivity index is 1.94. The van der Waals surface area contributed by atoms with Gasteiger partial charge in [-0.1, -0.05) is 13.8 Å². The summed E-state index contributed by atoms with van der Waals surface area (Å²) in [5, 5.41) is 23.2. The van der Waals surface area contributed by atoms with Gasteiger partial charge in [0.05, 0.1) is 17.0 Å². The first-order valence-corrected chi connectivity index (χ1v) is 14.0. The Kier molecular flexibility index (Phi) is 8.18. The molecule has 0 aromatic heterocycles. The lowest BCUT2D eigenvalue weighted by Crippen LogP contribution is -2.61.